The summed E-state index contributed by atoms with van der Waals surface area (Å²) >= 11 is 3.62. The molecule has 0 fully saturated rings. The molecule has 3 heteroatoms. The Morgan fingerprint density at radius 1 is 1.17 bits per heavy atom. The lowest BCUT2D eigenvalue weighted by Crippen LogP contribution is -1.80. The first kappa shape index (κ1) is 10.9. The van der Waals surface area contributed by atoms with Gasteiger partial charge in [0.1, 0.15) is 11.5 Å². The second kappa shape index (κ2) is 6.61. The lowest BCUT2D eigenvalue weighted by Gasteiger charge is -1.97. The molecule has 0 saturated heterocycles. The van der Waals surface area contributed by atoms with Gasteiger partial charge in [-0.05, 0) is 24.3 Å². The van der Waals surface area contributed by atoms with Crippen molar-refractivity contribution in [2.75, 3.05) is 7.11 Å². The van der Waals surface area contributed by atoms with Crippen molar-refractivity contribution in [3.63, 3.8) is 0 Å². The minimum Gasteiger partial charge on any atom is -0.497 e. The van der Waals surface area contributed by atoms with Gasteiger partial charge in [-0.15, -0.1) is 0 Å². The Morgan fingerprint density at radius 2 is 1.67 bits per heavy atom. The average molecular weight is 184 g/mol. The number of allylic oxidation sites excluding steroid dienone is 4. The fourth-order valence-electron chi connectivity index (χ4n) is 0.519. The van der Waals surface area contributed by atoms with E-state index >= 15 is 0 Å². The summed E-state index contributed by atoms with van der Waals surface area (Å²) in [7, 11) is 1.57. The van der Waals surface area contributed by atoms with Crippen molar-refractivity contribution in [1.82, 2.24) is 0 Å². The Bertz CT molecular complexity index is 193. The van der Waals surface area contributed by atoms with E-state index < -0.39 is 0 Å². The summed E-state index contributed by atoms with van der Waals surface area (Å²) in [6, 6.07) is 0. The van der Waals surface area contributed by atoms with Gasteiger partial charge in [-0.2, -0.15) is 0 Å². The number of rotatable bonds is 5. The van der Waals surface area contributed by atoms with E-state index in [1.807, 2.05) is 0 Å². The third kappa shape index (κ3) is 3.93. The van der Waals surface area contributed by atoms with E-state index in [0.29, 0.717) is 11.5 Å². The molecule has 0 aliphatic rings. The van der Waals surface area contributed by atoms with E-state index in [1.165, 1.54) is 0 Å². The molecule has 0 heterocycles. The highest BCUT2D eigenvalue weighted by molar-refractivity contribution is 7.75. The van der Waals surface area contributed by atoms with Crippen molar-refractivity contribution in [2.24, 2.45) is 0 Å². The van der Waals surface area contributed by atoms with E-state index in [0.717, 1.165) is 0 Å². The summed E-state index contributed by atoms with van der Waals surface area (Å²) in [4.78, 5) is 0. The predicted molar refractivity (Wildman–Crippen MR) is 53.6 cm³/mol. The Labute approximate surface area is 78.5 Å². The summed E-state index contributed by atoms with van der Waals surface area (Å²) < 4.78 is 9.56. The van der Waals surface area contributed by atoms with Gasteiger partial charge < -0.3 is 8.92 Å². The molecule has 0 aliphatic heterocycles. The molecule has 0 aliphatic carbocycles. The number of methoxy groups -OCH3 is 1. The molecular formula is C9H12O2S. The molecule has 0 bridgehead atoms. The largest absolute Gasteiger partial charge is 0.497 e. The molecule has 0 aromatic rings. The van der Waals surface area contributed by atoms with Crippen molar-refractivity contribution in [2.45, 2.75) is 0 Å². The Morgan fingerprint density at radius 3 is 2.00 bits per heavy atom. The molecule has 0 amide bonds. The Hall–Kier alpha value is -1.09. The van der Waals surface area contributed by atoms with Crippen LogP contribution in [0.25, 0.3) is 0 Å². The molecule has 0 aromatic carbocycles. The Balaban J connectivity index is 4.40. The molecule has 0 N–H and O–H groups in total. The maximum absolute atomic E-state index is 4.92. The molecule has 0 saturated carbocycles. The van der Waals surface area contributed by atoms with Crippen LogP contribution < -0.4 is 0 Å². The van der Waals surface area contributed by atoms with E-state index in [-0.39, 0.29) is 0 Å². The molecule has 0 unspecified atom stereocenters. The number of hydrogen-bond donors (Lipinski definition) is 1. The number of hydrogen-bond acceptors (Lipinski definition) is 3. The Kier molecular flexibility index (Phi) is 6.01. The molecule has 0 aromatic heterocycles. The summed E-state index contributed by atoms with van der Waals surface area (Å²) in [6.07, 6.45) is 6.52. The van der Waals surface area contributed by atoms with Gasteiger partial charge in [0.2, 0.25) is 0 Å². The zero-order chi connectivity index (χ0) is 9.40. The van der Waals surface area contributed by atoms with Crippen LogP contribution in [0.15, 0.2) is 49.0 Å². The first-order valence-electron chi connectivity index (χ1n) is 3.30. The van der Waals surface area contributed by atoms with E-state index in [9.17, 15) is 0 Å². The van der Waals surface area contributed by atoms with Crippen LogP contribution in [0, 0.1) is 0 Å². The number of thiol groups is 1. The summed E-state index contributed by atoms with van der Waals surface area (Å²) in [5, 5.41) is 0. The van der Waals surface area contributed by atoms with Crippen LogP contribution >= 0.6 is 12.9 Å². The SMILES string of the molecule is C=C/C(=C\C=C(/C=C)OS)OC. The molecule has 0 rings (SSSR count). The number of ether oxygens (including phenoxy) is 1. The minimum absolute atomic E-state index is 0.551. The van der Waals surface area contributed by atoms with Crippen LogP contribution in [-0.4, -0.2) is 7.11 Å². The molecule has 66 valence electrons. The molecule has 0 spiro atoms. The zero-order valence-corrected chi connectivity index (χ0v) is 7.88. The highest BCUT2D eigenvalue weighted by atomic mass is 32.1. The third-order valence-corrected chi connectivity index (χ3v) is 1.37. The van der Waals surface area contributed by atoms with Crippen molar-refractivity contribution in [3.05, 3.63) is 49.0 Å². The van der Waals surface area contributed by atoms with E-state index in [1.54, 1.807) is 31.4 Å². The van der Waals surface area contributed by atoms with Crippen LogP contribution in [0.2, 0.25) is 0 Å². The van der Waals surface area contributed by atoms with Crippen LogP contribution in [0.3, 0.4) is 0 Å². The van der Waals surface area contributed by atoms with Crippen molar-refractivity contribution in [3.8, 4) is 0 Å². The molecule has 2 nitrogen and oxygen atoms in total. The second-order valence-electron chi connectivity index (χ2n) is 1.84. The normalized spacial score (nSPS) is 12.2. The summed E-state index contributed by atoms with van der Waals surface area (Å²) in [6.45, 7) is 7.08. The van der Waals surface area contributed by atoms with Crippen LogP contribution in [0.4, 0.5) is 0 Å². The highest BCUT2D eigenvalue weighted by Gasteiger charge is 1.87. The third-order valence-electron chi connectivity index (χ3n) is 1.16. The van der Waals surface area contributed by atoms with Gasteiger partial charge in [0.15, 0.2) is 0 Å². The van der Waals surface area contributed by atoms with Crippen molar-refractivity contribution >= 4 is 12.9 Å². The van der Waals surface area contributed by atoms with E-state index in [4.69, 9.17) is 4.74 Å². The van der Waals surface area contributed by atoms with Crippen LogP contribution in [0.5, 0.6) is 0 Å². The predicted octanol–water partition coefficient (Wildman–Crippen LogP) is 2.63. The minimum atomic E-state index is 0.551. The first-order valence-corrected chi connectivity index (χ1v) is 3.67. The molecular weight excluding hydrogens is 172 g/mol. The average Bonchev–Trinajstić information content (AvgIpc) is 2.13. The smallest absolute Gasteiger partial charge is 0.136 e. The van der Waals surface area contributed by atoms with Crippen molar-refractivity contribution in [1.29, 1.82) is 0 Å². The maximum Gasteiger partial charge on any atom is 0.136 e. The fourth-order valence-corrected chi connectivity index (χ4v) is 0.655. The van der Waals surface area contributed by atoms with Gasteiger partial charge in [-0.25, -0.2) is 0 Å². The van der Waals surface area contributed by atoms with Gasteiger partial charge in [0, 0.05) is 12.9 Å². The summed E-state index contributed by atoms with van der Waals surface area (Å²) in [5.74, 6) is 1.20. The van der Waals surface area contributed by atoms with Gasteiger partial charge in [-0.3, -0.25) is 0 Å². The van der Waals surface area contributed by atoms with Gasteiger partial charge in [0.25, 0.3) is 0 Å². The monoisotopic (exact) mass is 184 g/mol. The molecule has 0 atom stereocenters. The van der Waals surface area contributed by atoms with Gasteiger partial charge in [0.05, 0.1) is 7.11 Å². The van der Waals surface area contributed by atoms with Crippen molar-refractivity contribution < 1.29 is 8.92 Å². The van der Waals surface area contributed by atoms with E-state index in [2.05, 4.69) is 30.3 Å². The van der Waals surface area contributed by atoms with Gasteiger partial charge in [-0.1, -0.05) is 13.2 Å². The molecule has 12 heavy (non-hydrogen) atoms. The highest BCUT2D eigenvalue weighted by Crippen LogP contribution is 2.03. The second-order valence-corrected chi connectivity index (χ2v) is 2.02. The lowest BCUT2D eigenvalue weighted by atomic mass is 10.3. The lowest BCUT2D eigenvalue weighted by molar-refractivity contribution is 0.307. The maximum atomic E-state index is 4.92. The quantitative estimate of drug-likeness (QED) is 0.306. The van der Waals surface area contributed by atoms with Gasteiger partial charge >= 0.3 is 0 Å². The van der Waals surface area contributed by atoms with Crippen LogP contribution in [0.1, 0.15) is 0 Å². The zero-order valence-electron chi connectivity index (χ0n) is 6.99. The topological polar surface area (TPSA) is 18.5 Å². The standard InChI is InChI=1S/C9H12O2S/c1-4-8(10-3)6-7-9(5-2)11-12/h4-7,12H,1-2H2,3H3/b8-6+,9-7+. The fraction of sp³-hybridized carbons (Fsp3) is 0.111. The first-order chi connectivity index (χ1) is 5.78. The summed E-state index contributed by atoms with van der Waals surface area (Å²) in [5.41, 5.74) is 0. The van der Waals surface area contributed by atoms with Crippen LogP contribution in [-0.2, 0) is 8.92 Å². The molecule has 0 radical (unpaired) electrons.